The molecule has 5 rings (SSSR count). The zero-order valence-electron chi connectivity index (χ0n) is 15.9. The predicted octanol–water partition coefficient (Wildman–Crippen LogP) is 2.09. The van der Waals surface area contributed by atoms with Gasteiger partial charge in [-0.1, -0.05) is 6.07 Å². The second kappa shape index (κ2) is 6.72. The van der Waals surface area contributed by atoms with E-state index in [-0.39, 0.29) is 33.4 Å². The van der Waals surface area contributed by atoms with Crippen molar-refractivity contribution in [3.05, 3.63) is 52.4 Å². The van der Waals surface area contributed by atoms with Crippen molar-refractivity contribution >= 4 is 33.4 Å². The second-order valence-electron chi connectivity index (χ2n) is 7.93. The van der Waals surface area contributed by atoms with Crippen LogP contribution in [0, 0.1) is 5.92 Å². The topological polar surface area (TPSA) is 88.5 Å². The van der Waals surface area contributed by atoms with E-state index in [0.29, 0.717) is 25.3 Å². The molecule has 7 nitrogen and oxygen atoms in total. The van der Waals surface area contributed by atoms with E-state index in [9.17, 15) is 18.0 Å². The molecule has 0 spiro atoms. The number of aromatic nitrogens is 1. The summed E-state index contributed by atoms with van der Waals surface area (Å²) >= 11 is 1.43. The summed E-state index contributed by atoms with van der Waals surface area (Å²) < 4.78 is 30.1. The minimum atomic E-state index is -3.70. The first-order valence-electron chi connectivity index (χ1n) is 9.64. The van der Waals surface area contributed by atoms with Crippen LogP contribution in [0.25, 0.3) is 0 Å². The van der Waals surface area contributed by atoms with E-state index >= 15 is 0 Å². The highest BCUT2D eigenvalue weighted by Gasteiger charge is 2.39. The van der Waals surface area contributed by atoms with Gasteiger partial charge in [0, 0.05) is 42.2 Å². The number of fused-ring (bicyclic) bond motifs is 5. The number of hydrogen-bond donors (Lipinski definition) is 1. The molecule has 0 unspecified atom stereocenters. The number of pyridine rings is 1. The van der Waals surface area contributed by atoms with Crippen LogP contribution < -0.4 is 10.9 Å². The molecule has 1 amide bonds. The standard InChI is InChI=1S/C20H21N3O4S2/c1-12-20(25)21-16-8-15(5-6-18(16)28-12)29(26,27)22-9-13-7-14(11-22)17-3-2-4-19(24)23(17)10-13/h2-6,8,12-14H,7,9-11H2,1H3,(H,21,25)/t12-,13-,14+/m1/s1. The van der Waals surface area contributed by atoms with Gasteiger partial charge in [-0.3, -0.25) is 9.59 Å². The molecule has 3 atom stereocenters. The number of rotatable bonds is 2. The molecule has 4 heterocycles. The molecule has 1 aromatic carbocycles. The van der Waals surface area contributed by atoms with Crippen LogP contribution in [0.2, 0.25) is 0 Å². The van der Waals surface area contributed by atoms with Gasteiger partial charge in [-0.25, -0.2) is 8.42 Å². The number of carbonyl (C=O) groups excluding carboxylic acids is 1. The fourth-order valence-corrected chi connectivity index (χ4v) is 7.06. The fourth-order valence-electron chi connectivity index (χ4n) is 4.55. The highest BCUT2D eigenvalue weighted by Crippen LogP contribution is 2.40. The molecule has 1 N–H and O–H groups in total. The van der Waals surface area contributed by atoms with Gasteiger partial charge >= 0.3 is 0 Å². The Hall–Kier alpha value is -2.10. The number of amides is 1. The van der Waals surface area contributed by atoms with Crippen molar-refractivity contribution in [1.82, 2.24) is 8.87 Å². The summed E-state index contributed by atoms with van der Waals surface area (Å²) in [6.45, 7) is 3.13. The van der Waals surface area contributed by atoms with E-state index in [1.807, 2.05) is 13.0 Å². The molecule has 152 valence electrons. The Kier molecular flexibility index (Phi) is 4.38. The van der Waals surface area contributed by atoms with E-state index in [2.05, 4.69) is 5.32 Å². The zero-order valence-corrected chi connectivity index (χ0v) is 17.5. The third-order valence-corrected chi connectivity index (χ3v) is 8.97. The third-order valence-electron chi connectivity index (χ3n) is 5.97. The molecule has 2 bridgehead atoms. The fraction of sp³-hybridized carbons (Fsp3) is 0.400. The molecule has 9 heteroatoms. The maximum atomic E-state index is 13.4. The average molecular weight is 432 g/mol. The van der Waals surface area contributed by atoms with Crippen LogP contribution in [0.4, 0.5) is 5.69 Å². The van der Waals surface area contributed by atoms with E-state index in [4.69, 9.17) is 0 Å². The molecule has 1 fully saturated rings. The van der Waals surface area contributed by atoms with Crippen molar-refractivity contribution in [2.75, 3.05) is 18.4 Å². The van der Waals surface area contributed by atoms with Crippen LogP contribution in [-0.4, -0.2) is 41.5 Å². The number of anilines is 1. The van der Waals surface area contributed by atoms with Crippen molar-refractivity contribution in [3.63, 3.8) is 0 Å². The lowest BCUT2D eigenvalue weighted by Gasteiger charge is -2.42. The predicted molar refractivity (Wildman–Crippen MR) is 111 cm³/mol. The van der Waals surface area contributed by atoms with Gasteiger partial charge < -0.3 is 9.88 Å². The maximum Gasteiger partial charge on any atom is 0.250 e. The normalized spacial score (nSPS) is 26.4. The Bertz CT molecular complexity index is 1170. The summed E-state index contributed by atoms with van der Waals surface area (Å²) in [7, 11) is -3.70. The van der Waals surface area contributed by atoms with Crippen molar-refractivity contribution in [2.45, 2.75) is 40.8 Å². The Balaban J connectivity index is 1.47. The number of benzene rings is 1. The van der Waals surface area contributed by atoms with Gasteiger partial charge in [0.1, 0.15) is 0 Å². The lowest BCUT2D eigenvalue weighted by molar-refractivity contribution is -0.115. The molecule has 1 aromatic heterocycles. The zero-order chi connectivity index (χ0) is 20.3. The van der Waals surface area contributed by atoms with Crippen LogP contribution in [0.1, 0.15) is 25.0 Å². The van der Waals surface area contributed by atoms with Gasteiger partial charge in [0.2, 0.25) is 15.9 Å². The summed E-state index contributed by atoms with van der Waals surface area (Å²) in [6.07, 6.45) is 0.893. The Morgan fingerprint density at radius 3 is 2.76 bits per heavy atom. The van der Waals surface area contributed by atoms with E-state index in [1.165, 1.54) is 16.1 Å². The lowest BCUT2D eigenvalue weighted by atomic mass is 9.84. The Labute approximate surface area is 173 Å². The first kappa shape index (κ1) is 18.9. The molecule has 1 saturated heterocycles. The van der Waals surface area contributed by atoms with Gasteiger partial charge in [0.25, 0.3) is 5.56 Å². The van der Waals surface area contributed by atoms with Crippen molar-refractivity contribution in [1.29, 1.82) is 0 Å². The summed E-state index contributed by atoms with van der Waals surface area (Å²) in [4.78, 5) is 25.2. The minimum Gasteiger partial charge on any atom is -0.324 e. The van der Waals surface area contributed by atoms with E-state index < -0.39 is 10.0 Å². The molecule has 29 heavy (non-hydrogen) atoms. The average Bonchev–Trinajstić information content (AvgIpc) is 2.69. The molecule has 2 aromatic rings. The number of nitrogens with zero attached hydrogens (tertiary/aromatic N) is 2. The van der Waals surface area contributed by atoms with Gasteiger partial charge in [0.05, 0.1) is 15.8 Å². The van der Waals surface area contributed by atoms with Crippen LogP contribution in [0.5, 0.6) is 0 Å². The first-order chi connectivity index (χ1) is 13.8. The molecular weight excluding hydrogens is 410 g/mol. The van der Waals surface area contributed by atoms with Crippen LogP contribution in [0.15, 0.2) is 51.0 Å². The van der Waals surface area contributed by atoms with Crippen LogP contribution in [0.3, 0.4) is 0 Å². The largest absolute Gasteiger partial charge is 0.324 e. The lowest BCUT2D eigenvalue weighted by Crippen LogP contribution is -2.49. The monoisotopic (exact) mass is 431 g/mol. The second-order valence-corrected chi connectivity index (χ2v) is 11.2. The molecule has 0 radical (unpaired) electrons. The quantitative estimate of drug-likeness (QED) is 0.787. The Morgan fingerprint density at radius 2 is 1.93 bits per heavy atom. The van der Waals surface area contributed by atoms with Gasteiger partial charge in [-0.2, -0.15) is 4.31 Å². The maximum absolute atomic E-state index is 13.4. The number of thioether (sulfide) groups is 1. The molecular formula is C20H21N3O4S2. The van der Waals surface area contributed by atoms with Crippen molar-refractivity contribution < 1.29 is 13.2 Å². The molecule has 3 aliphatic heterocycles. The van der Waals surface area contributed by atoms with Crippen LogP contribution >= 0.6 is 11.8 Å². The van der Waals surface area contributed by atoms with Crippen molar-refractivity contribution in [3.8, 4) is 0 Å². The number of carbonyl (C=O) groups is 1. The minimum absolute atomic E-state index is 0.0138. The number of hydrogen-bond acceptors (Lipinski definition) is 5. The number of piperidine rings is 1. The summed E-state index contributed by atoms with van der Waals surface area (Å²) in [6, 6.07) is 10.2. The van der Waals surface area contributed by atoms with Gasteiger partial charge in [-0.05, 0) is 43.5 Å². The number of sulfonamides is 1. The molecule has 0 saturated carbocycles. The number of nitrogens with one attached hydrogen (secondary N) is 1. The van der Waals surface area contributed by atoms with Gasteiger partial charge in [0.15, 0.2) is 0 Å². The van der Waals surface area contributed by atoms with Crippen molar-refractivity contribution in [2.24, 2.45) is 5.92 Å². The van der Waals surface area contributed by atoms with Crippen LogP contribution in [-0.2, 0) is 21.4 Å². The SMILES string of the molecule is C[C@H]1Sc2ccc(S(=O)(=O)N3C[C@H]4C[C@@H](C3)c3cccc(=O)n3C4)cc2NC1=O. The summed E-state index contributed by atoms with van der Waals surface area (Å²) in [5.74, 6) is 0.0105. The Morgan fingerprint density at radius 1 is 1.10 bits per heavy atom. The van der Waals surface area contributed by atoms with E-state index in [1.54, 1.807) is 34.9 Å². The third kappa shape index (κ3) is 3.12. The highest BCUT2D eigenvalue weighted by atomic mass is 32.2. The van der Waals surface area contributed by atoms with Gasteiger partial charge in [-0.15, -0.1) is 11.8 Å². The summed E-state index contributed by atoms with van der Waals surface area (Å²) in [5.41, 5.74) is 1.44. The first-order valence-corrected chi connectivity index (χ1v) is 12.0. The highest BCUT2D eigenvalue weighted by molar-refractivity contribution is 8.01. The smallest absolute Gasteiger partial charge is 0.250 e. The summed E-state index contributed by atoms with van der Waals surface area (Å²) in [5, 5.41) is 2.60. The van der Waals surface area contributed by atoms with E-state index in [0.717, 1.165) is 17.0 Å². The molecule has 3 aliphatic rings. The molecule has 0 aliphatic carbocycles.